The lowest BCUT2D eigenvalue weighted by molar-refractivity contribution is -0.188. The lowest BCUT2D eigenvalue weighted by atomic mass is 9.96. The Kier molecular flexibility index (Phi) is 6.15. The van der Waals surface area contributed by atoms with Crippen molar-refractivity contribution < 1.29 is 22.7 Å². The number of benzene rings is 1. The van der Waals surface area contributed by atoms with Gasteiger partial charge in [0.05, 0.1) is 29.5 Å². The third kappa shape index (κ3) is 4.27. The number of nitrogens with zero attached hydrogens (tertiary/aromatic N) is 5. The van der Waals surface area contributed by atoms with Crippen LogP contribution in [0.4, 0.5) is 0 Å². The van der Waals surface area contributed by atoms with Gasteiger partial charge in [-0.2, -0.15) is 4.31 Å². The Labute approximate surface area is 193 Å². The first kappa shape index (κ1) is 22.7. The normalized spacial score (nSPS) is 24.0. The molecule has 0 unspecified atom stereocenters. The number of hydrogen-bond donors (Lipinski definition) is 0. The van der Waals surface area contributed by atoms with Crippen LogP contribution in [0.1, 0.15) is 39.0 Å². The van der Waals surface area contributed by atoms with Gasteiger partial charge < -0.3 is 14.4 Å². The molecule has 1 atom stereocenters. The monoisotopic (exact) mass is 477 g/mol. The number of aromatic nitrogens is 3. The van der Waals surface area contributed by atoms with Gasteiger partial charge in [-0.1, -0.05) is 12.1 Å². The first-order chi connectivity index (χ1) is 15.9. The minimum atomic E-state index is -3.73. The maximum absolute atomic E-state index is 13.4. The summed E-state index contributed by atoms with van der Waals surface area (Å²) in [5.74, 6) is -0.834. The van der Waals surface area contributed by atoms with Crippen LogP contribution in [0.3, 0.4) is 0 Å². The topological polar surface area (TPSA) is 107 Å². The molecule has 4 heterocycles. The van der Waals surface area contributed by atoms with E-state index < -0.39 is 15.8 Å². The lowest BCUT2D eigenvalue weighted by Gasteiger charge is -2.40. The molecule has 0 N–H and O–H groups in total. The molecule has 1 aromatic carbocycles. The van der Waals surface area contributed by atoms with Crippen molar-refractivity contribution in [3.05, 3.63) is 18.2 Å². The molecule has 2 aromatic rings. The summed E-state index contributed by atoms with van der Waals surface area (Å²) >= 11 is 0. The molecule has 11 heteroatoms. The molecular weight excluding hydrogens is 446 g/mol. The van der Waals surface area contributed by atoms with Gasteiger partial charge in [-0.15, -0.1) is 5.10 Å². The number of hydrogen-bond acceptors (Lipinski definition) is 7. The number of likely N-dealkylation sites (tertiary alicyclic amines) is 1. The van der Waals surface area contributed by atoms with E-state index >= 15 is 0 Å². The molecule has 1 amide bonds. The number of sulfonamides is 1. The van der Waals surface area contributed by atoms with Crippen molar-refractivity contribution in [2.75, 3.05) is 39.4 Å². The minimum absolute atomic E-state index is 0.0284. The Bertz CT molecular complexity index is 1120. The summed E-state index contributed by atoms with van der Waals surface area (Å²) in [6, 6.07) is 4.96. The van der Waals surface area contributed by atoms with Crippen molar-refractivity contribution in [1.82, 2.24) is 24.2 Å². The van der Waals surface area contributed by atoms with Gasteiger partial charge in [0, 0.05) is 45.6 Å². The first-order valence-corrected chi connectivity index (χ1v) is 13.3. The molecule has 0 saturated carbocycles. The molecule has 180 valence electrons. The maximum atomic E-state index is 13.4. The van der Waals surface area contributed by atoms with E-state index in [0.717, 1.165) is 18.5 Å². The number of piperidine rings is 2. The zero-order valence-corrected chi connectivity index (χ0v) is 19.8. The van der Waals surface area contributed by atoms with Crippen LogP contribution in [-0.4, -0.2) is 83.7 Å². The summed E-state index contributed by atoms with van der Waals surface area (Å²) in [4.78, 5) is 15.2. The molecule has 33 heavy (non-hydrogen) atoms. The predicted molar refractivity (Wildman–Crippen MR) is 120 cm³/mol. The molecule has 1 aromatic heterocycles. The van der Waals surface area contributed by atoms with Crippen LogP contribution in [0.2, 0.25) is 0 Å². The number of ether oxygens (including phenoxy) is 2. The van der Waals surface area contributed by atoms with Crippen molar-refractivity contribution in [1.29, 1.82) is 0 Å². The molecular formula is C22H31N5O5S. The van der Waals surface area contributed by atoms with Gasteiger partial charge in [-0.05, 0) is 37.5 Å². The van der Waals surface area contributed by atoms with Gasteiger partial charge in [0.15, 0.2) is 5.79 Å². The molecule has 10 nitrogen and oxygen atoms in total. The number of aryl methyl sites for hydroxylation is 1. The lowest BCUT2D eigenvalue weighted by Crippen LogP contribution is -2.51. The Morgan fingerprint density at radius 2 is 1.94 bits per heavy atom. The third-order valence-corrected chi connectivity index (χ3v) is 8.80. The quantitative estimate of drug-likeness (QED) is 0.644. The third-order valence-electron chi connectivity index (χ3n) is 6.94. The van der Waals surface area contributed by atoms with Crippen LogP contribution in [0, 0.1) is 5.92 Å². The van der Waals surface area contributed by atoms with Crippen LogP contribution in [0.25, 0.3) is 11.0 Å². The Morgan fingerprint density at radius 1 is 1.18 bits per heavy atom. The molecule has 0 bridgehead atoms. The number of fused-ring (bicyclic) bond motifs is 1. The van der Waals surface area contributed by atoms with Crippen LogP contribution >= 0.6 is 0 Å². The Balaban J connectivity index is 1.28. The SMILES string of the molecule is CCCn1nnc2cc(S(=O)(=O)N3CCC[C@H](C(=O)N4CCC5(CC4)OCCO5)C3)ccc21. The van der Waals surface area contributed by atoms with Crippen molar-refractivity contribution >= 4 is 27.0 Å². The maximum Gasteiger partial charge on any atom is 0.243 e. The number of amides is 1. The highest BCUT2D eigenvalue weighted by atomic mass is 32.2. The van der Waals surface area contributed by atoms with Crippen molar-refractivity contribution in [3.63, 3.8) is 0 Å². The first-order valence-electron chi connectivity index (χ1n) is 11.8. The Hall–Kier alpha value is -2.08. The minimum Gasteiger partial charge on any atom is -0.347 e. The molecule has 0 aliphatic carbocycles. The molecule has 3 fully saturated rings. The highest BCUT2D eigenvalue weighted by molar-refractivity contribution is 7.89. The summed E-state index contributed by atoms with van der Waals surface area (Å²) in [5, 5.41) is 8.26. The van der Waals surface area contributed by atoms with Gasteiger partial charge in [0.25, 0.3) is 0 Å². The summed E-state index contributed by atoms with van der Waals surface area (Å²) < 4.78 is 41.5. The summed E-state index contributed by atoms with van der Waals surface area (Å²) in [5.41, 5.74) is 1.38. The fourth-order valence-corrected chi connectivity index (χ4v) is 6.66. The van der Waals surface area contributed by atoms with Gasteiger partial charge in [0.1, 0.15) is 5.52 Å². The van der Waals surface area contributed by atoms with Crippen LogP contribution in [0.15, 0.2) is 23.1 Å². The molecule has 5 rings (SSSR count). The zero-order chi connectivity index (χ0) is 23.1. The van der Waals surface area contributed by atoms with Crippen LogP contribution < -0.4 is 0 Å². The van der Waals surface area contributed by atoms with Crippen molar-refractivity contribution in [3.8, 4) is 0 Å². The Morgan fingerprint density at radius 3 is 2.67 bits per heavy atom. The van der Waals surface area contributed by atoms with E-state index in [1.807, 2.05) is 4.90 Å². The fraction of sp³-hybridized carbons (Fsp3) is 0.682. The van der Waals surface area contributed by atoms with Crippen LogP contribution in [-0.2, 0) is 30.8 Å². The van der Waals surface area contributed by atoms with Crippen molar-refractivity contribution in [2.45, 2.75) is 56.3 Å². The average Bonchev–Trinajstić information content (AvgIpc) is 3.46. The molecule has 3 aliphatic heterocycles. The average molecular weight is 478 g/mol. The van der Waals surface area contributed by atoms with E-state index in [1.54, 1.807) is 22.9 Å². The van der Waals surface area contributed by atoms with E-state index in [0.29, 0.717) is 64.0 Å². The van der Waals surface area contributed by atoms with Crippen molar-refractivity contribution in [2.24, 2.45) is 5.92 Å². The summed E-state index contributed by atoms with van der Waals surface area (Å²) in [7, 11) is -3.73. The van der Waals surface area contributed by atoms with Gasteiger partial charge in [-0.3, -0.25) is 4.79 Å². The highest BCUT2D eigenvalue weighted by Crippen LogP contribution is 2.33. The largest absolute Gasteiger partial charge is 0.347 e. The van der Waals surface area contributed by atoms with E-state index in [2.05, 4.69) is 17.2 Å². The second-order valence-corrected chi connectivity index (χ2v) is 11.0. The molecule has 0 radical (unpaired) electrons. The van der Waals surface area contributed by atoms with E-state index in [4.69, 9.17) is 9.47 Å². The highest BCUT2D eigenvalue weighted by Gasteiger charge is 2.42. The second kappa shape index (κ2) is 8.94. The van der Waals surface area contributed by atoms with Crippen LogP contribution in [0.5, 0.6) is 0 Å². The second-order valence-electron chi connectivity index (χ2n) is 9.10. The zero-order valence-electron chi connectivity index (χ0n) is 19.0. The fourth-order valence-electron chi connectivity index (χ4n) is 5.11. The van der Waals surface area contributed by atoms with Gasteiger partial charge in [0.2, 0.25) is 15.9 Å². The van der Waals surface area contributed by atoms with Gasteiger partial charge >= 0.3 is 0 Å². The van der Waals surface area contributed by atoms with E-state index in [1.165, 1.54) is 4.31 Å². The number of carbonyl (C=O) groups is 1. The number of rotatable bonds is 5. The molecule has 3 aliphatic rings. The van der Waals surface area contributed by atoms with Gasteiger partial charge in [-0.25, -0.2) is 13.1 Å². The predicted octanol–water partition coefficient (Wildman–Crippen LogP) is 1.61. The summed E-state index contributed by atoms with van der Waals surface area (Å²) in [6.07, 6.45) is 3.59. The molecule has 3 saturated heterocycles. The van der Waals surface area contributed by atoms with E-state index in [-0.39, 0.29) is 23.3 Å². The molecule has 1 spiro atoms. The summed E-state index contributed by atoms with van der Waals surface area (Å²) in [6.45, 7) is 5.76. The standard InChI is InChI=1S/C22H31N5O5S/c1-2-9-27-20-6-5-18(15-19(20)23-24-27)33(29,30)26-10-3-4-17(16-26)21(28)25-11-7-22(8-12-25)31-13-14-32-22/h5-6,15,17H,2-4,7-14,16H2,1H3/t17-/m0/s1. The number of carbonyl (C=O) groups excluding carboxylic acids is 1. The van der Waals surface area contributed by atoms with E-state index in [9.17, 15) is 13.2 Å². The smallest absolute Gasteiger partial charge is 0.243 e.